The van der Waals surface area contributed by atoms with Crippen LogP contribution in [-0.4, -0.2) is 13.1 Å². The zero-order chi connectivity index (χ0) is 14.7. The molecule has 0 N–H and O–H groups in total. The van der Waals surface area contributed by atoms with Crippen LogP contribution < -0.4 is 9.93 Å². The van der Waals surface area contributed by atoms with Crippen molar-refractivity contribution in [3.8, 4) is 22.6 Å². The van der Waals surface area contributed by atoms with Gasteiger partial charge >= 0.3 is 0 Å². The average Bonchev–Trinajstić information content (AvgIpc) is 2.56. The standard InChI is InChI=1S/C19H20NO/c1-3-20(4-2)17-12-10-16-11-13-18(21-19(16)14-17)15-8-6-5-7-9-15/h5-14H,3-4H2,1-2H3/q+1. The average molecular weight is 278 g/mol. The van der Waals surface area contributed by atoms with Gasteiger partial charge in [0.15, 0.2) is 0 Å². The van der Waals surface area contributed by atoms with Crippen LogP contribution in [0, 0.1) is 0 Å². The van der Waals surface area contributed by atoms with Crippen molar-refractivity contribution in [2.75, 3.05) is 13.1 Å². The molecular weight excluding hydrogens is 258 g/mol. The maximum atomic E-state index is 6.10. The number of benzene rings is 2. The van der Waals surface area contributed by atoms with Crippen LogP contribution in [0.3, 0.4) is 0 Å². The molecule has 0 atom stereocenters. The van der Waals surface area contributed by atoms with Crippen molar-refractivity contribution in [2.45, 2.75) is 13.8 Å². The zero-order valence-corrected chi connectivity index (χ0v) is 12.5. The number of nitrogens with zero attached hydrogens (tertiary/aromatic N) is 1. The highest BCUT2D eigenvalue weighted by atomic mass is 16.3. The molecule has 0 amide bonds. The molecule has 2 nitrogen and oxygen atoms in total. The molecule has 0 saturated heterocycles. The van der Waals surface area contributed by atoms with Gasteiger partial charge in [0.2, 0.25) is 5.36 Å². The summed E-state index contributed by atoms with van der Waals surface area (Å²) in [7, 11) is 0. The first-order chi connectivity index (χ1) is 10.3. The Bertz CT molecular complexity index is 765. The van der Waals surface area contributed by atoms with Gasteiger partial charge in [-0.25, -0.2) is 4.58 Å². The van der Waals surface area contributed by atoms with E-state index in [9.17, 15) is 0 Å². The molecule has 0 aromatic heterocycles. The molecule has 1 heterocycles. The minimum Gasteiger partial charge on any atom is -0.456 e. The molecule has 1 aliphatic heterocycles. The third kappa shape index (κ3) is 2.75. The normalized spacial score (nSPS) is 10.8. The van der Waals surface area contributed by atoms with Crippen molar-refractivity contribution in [1.82, 2.24) is 4.58 Å². The van der Waals surface area contributed by atoms with Crippen LogP contribution >= 0.6 is 0 Å². The topological polar surface area (TPSA) is 16.1 Å². The Morgan fingerprint density at radius 2 is 1.43 bits per heavy atom. The summed E-state index contributed by atoms with van der Waals surface area (Å²) in [5.41, 5.74) is 2.23. The molecule has 0 radical (unpaired) electrons. The van der Waals surface area contributed by atoms with Crippen LogP contribution in [0.4, 0.5) is 0 Å². The van der Waals surface area contributed by atoms with Crippen molar-refractivity contribution < 1.29 is 4.42 Å². The summed E-state index contributed by atoms with van der Waals surface area (Å²) in [5.74, 6) is 1.83. The first-order valence-corrected chi connectivity index (χ1v) is 7.49. The fourth-order valence-corrected chi connectivity index (χ4v) is 2.61. The van der Waals surface area contributed by atoms with E-state index < -0.39 is 0 Å². The first-order valence-electron chi connectivity index (χ1n) is 7.49. The van der Waals surface area contributed by atoms with Crippen LogP contribution in [0.2, 0.25) is 0 Å². The van der Waals surface area contributed by atoms with E-state index in [1.807, 2.05) is 24.3 Å². The van der Waals surface area contributed by atoms with E-state index in [0.717, 1.165) is 35.7 Å². The monoisotopic (exact) mass is 278 g/mol. The molecule has 1 aromatic rings. The molecule has 2 aliphatic rings. The van der Waals surface area contributed by atoms with Gasteiger partial charge in [-0.3, -0.25) is 0 Å². The lowest BCUT2D eigenvalue weighted by atomic mass is 10.1. The van der Waals surface area contributed by atoms with Crippen LogP contribution in [0.1, 0.15) is 13.8 Å². The van der Waals surface area contributed by atoms with Gasteiger partial charge in [0.05, 0.1) is 6.07 Å². The van der Waals surface area contributed by atoms with Gasteiger partial charge in [0.1, 0.15) is 24.6 Å². The smallest absolute Gasteiger partial charge is 0.203 e. The predicted octanol–water partition coefficient (Wildman–Crippen LogP) is 3.86. The molecule has 1 aromatic carbocycles. The molecule has 2 heteroatoms. The number of rotatable bonds is 3. The number of hydrogen-bond donors (Lipinski definition) is 0. The van der Waals surface area contributed by atoms with Crippen LogP contribution in [0.15, 0.2) is 65.1 Å². The van der Waals surface area contributed by atoms with Crippen LogP contribution in [0.25, 0.3) is 22.6 Å². The van der Waals surface area contributed by atoms with E-state index in [1.54, 1.807) is 0 Å². The van der Waals surface area contributed by atoms with E-state index in [4.69, 9.17) is 4.42 Å². The molecule has 106 valence electrons. The fraction of sp³-hybridized carbons (Fsp3) is 0.211. The van der Waals surface area contributed by atoms with Crippen molar-refractivity contribution in [3.05, 3.63) is 66.0 Å². The quantitative estimate of drug-likeness (QED) is 0.664. The van der Waals surface area contributed by atoms with Crippen molar-refractivity contribution in [1.29, 1.82) is 0 Å². The molecule has 21 heavy (non-hydrogen) atoms. The molecule has 0 unspecified atom stereocenters. The molecule has 0 fully saturated rings. The minimum atomic E-state index is 0.903. The minimum absolute atomic E-state index is 0.903. The molecular formula is C19H20NO+. The highest BCUT2D eigenvalue weighted by molar-refractivity contribution is 5.65. The van der Waals surface area contributed by atoms with E-state index in [2.05, 4.69) is 54.8 Å². The highest BCUT2D eigenvalue weighted by Gasteiger charge is 2.09. The second kappa shape index (κ2) is 5.96. The SMILES string of the molecule is CC[N+](CC)=c1ccc2ccc(-c3ccccc3)oc-2c1. The summed E-state index contributed by atoms with van der Waals surface area (Å²) < 4.78 is 8.42. The second-order valence-electron chi connectivity index (χ2n) is 5.06. The van der Waals surface area contributed by atoms with Gasteiger partial charge in [0.25, 0.3) is 0 Å². The highest BCUT2D eigenvalue weighted by Crippen LogP contribution is 2.27. The number of fused-ring (bicyclic) bond motifs is 1. The third-order valence-corrected chi connectivity index (χ3v) is 3.82. The lowest BCUT2D eigenvalue weighted by Gasteiger charge is -2.07. The second-order valence-corrected chi connectivity index (χ2v) is 5.06. The van der Waals surface area contributed by atoms with Crippen molar-refractivity contribution >= 4 is 0 Å². The first kappa shape index (κ1) is 13.6. The lowest BCUT2D eigenvalue weighted by Crippen LogP contribution is -2.29. The summed E-state index contributed by atoms with van der Waals surface area (Å²) in [6.45, 7) is 6.34. The Labute approximate surface area is 125 Å². The van der Waals surface area contributed by atoms with Crippen molar-refractivity contribution in [2.24, 2.45) is 0 Å². The molecule has 0 saturated carbocycles. The van der Waals surface area contributed by atoms with Gasteiger partial charge < -0.3 is 4.42 Å². The molecule has 3 rings (SSSR count). The van der Waals surface area contributed by atoms with Gasteiger partial charge in [-0.05, 0) is 32.0 Å². The summed E-state index contributed by atoms with van der Waals surface area (Å²) in [6, 6.07) is 20.8. The Kier molecular flexibility index (Phi) is 3.87. The Morgan fingerprint density at radius 3 is 2.14 bits per heavy atom. The summed E-state index contributed by atoms with van der Waals surface area (Å²) in [5, 5.41) is 1.21. The van der Waals surface area contributed by atoms with E-state index in [-0.39, 0.29) is 0 Å². The van der Waals surface area contributed by atoms with Crippen molar-refractivity contribution in [3.63, 3.8) is 0 Å². The van der Waals surface area contributed by atoms with Gasteiger partial charge in [-0.1, -0.05) is 30.3 Å². The van der Waals surface area contributed by atoms with Gasteiger partial charge in [-0.2, -0.15) is 0 Å². The van der Waals surface area contributed by atoms with Crippen LogP contribution in [-0.2, 0) is 0 Å². The van der Waals surface area contributed by atoms with Gasteiger partial charge in [-0.15, -0.1) is 0 Å². The molecule has 0 spiro atoms. The summed E-state index contributed by atoms with van der Waals surface area (Å²) in [4.78, 5) is 0. The Hall–Kier alpha value is -2.35. The fourth-order valence-electron chi connectivity index (χ4n) is 2.61. The zero-order valence-electron chi connectivity index (χ0n) is 12.5. The van der Waals surface area contributed by atoms with Crippen LogP contribution in [0.5, 0.6) is 0 Å². The molecule has 0 bridgehead atoms. The van der Waals surface area contributed by atoms with E-state index in [0.29, 0.717) is 0 Å². The maximum Gasteiger partial charge on any atom is 0.203 e. The van der Waals surface area contributed by atoms with E-state index >= 15 is 0 Å². The Balaban J connectivity index is 2.17. The number of hydrogen-bond acceptors (Lipinski definition) is 1. The largest absolute Gasteiger partial charge is 0.456 e. The Morgan fingerprint density at radius 1 is 0.762 bits per heavy atom. The summed E-state index contributed by atoms with van der Waals surface area (Å²) >= 11 is 0. The maximum absolute atomic E-state index is 6.10. The predicted molar refractivity (Wildman–Crippen MR) is 87.1 cm³/mol. The lowest BCUT2D eigenvalue weighted by molar-refractivity contribution is 0.575. The third-order valence-electron chi connectivity index (χ3n) is 3.82. The summed E-state index contributed by atoms with van der Waals surface area (Å²) in [6.07, 6.45) is 0. The van der Waals surface area contributed by atoms with E-state index in [1.165, 1.54) is 5.36 Å². The molecule has 1 aliphatic carbocycles. The van der Waals surface area contributed by atoms with Gasteiger partial charge in [0, 0.05) is 17.2 Å².